The first-order valence-electron chi connectivity index (χ1n) is 10.6. The van der Waals surface area contributed by atoms with Gasteiger partial charge in [0, 0.05) is 24.8 Å². The van der Waals surface area contributed by atoms with Crippen molar-refractivity contribution in [1.82, 2.24) is 4.72 Å². The number of halogens is 1. The van der Waals surface area contributed by atoms with Crippen molar-refractivity contribution in [3.05, 3.63) is 53.6 Å². The van der Waals surface area contributed by atoms with Crippen LogP contribution in [0.15, 0.2) is 47.4 Å². The Hall–Kier alpha value is -1.93. The zero-order valence-electron chi connectivity index (χ0n) is 18.8. The number of alkyl halides is 1. The molecule has 2 aromatic rings. The molecule has 3 atom stereocenters. The number of carbonyl (C=O) groups is 1. The monoisotopic (exact) mass is 481 g/mol. The number of carbonyl (C=O) groups excluding carboxylic acids is 1. The maximum Gasteiger partial charge on any atom is 0.161 e. The zero-order chi connectivity index (χ0) is 23.5. The highest BCUT2D eigenvalue weighted by Gasteiger charge is 2.22. The highest BCUT2D eigenvalue weighted by atomic mass is 35.5. The molecule has 0 aromatic heterocycles. The van der Waals surface area contributed by atoms with Gasteiger partial charge in [0.2, 0.25) is 0 Å². The van der Waals surface area contributed by atoms with Crippen LogP contribution in [-0.2, 0) is 15.8 Å². The van der Waals surface area contributed by atoms with Gasteiger partial charge in [0.15, 0.2) is 11.5 Å². The van der Waals surface area contributed by atoms with Crippen molar-refractivity contribution < 1.29 is 23.6 Å². The molecule has 0 aliphatic carbocycles. The summed E-state index contributed by atoms with van der Waals surface area (Å²) in [5, 5.41) is 10.6. The van der Waals surface area contributed by atoms with E-state index in [4.69, 9.17) is 21.1 Å². The lowest BCUT2D eigenvalue weighted by molar-refractivity contribution is -0.121. The molecule has 2 rings (SSSR count). The Kier molecular flexibility index (Phi) is 11.2. The second-order valence-corrected chi connectivity index (χ2v) is 9.27. The molecule has 6 nitrogen and oxygen atoms in total. The molecule has 0 spiro atoms. The van der Waals surface area contributed by atoms with E-state index in [1.165, 1.54) is 0 Å². The molecule has 32 heavy (non-hydrogen) atoms. The van der Waals surface area contributed by atoms with Gasteiger partial charge >= 0.3 is 0 Å². The van der Waals surface area contributed by atoms with Gasteiger partial charge in [-0.2, -0.15) is 0 Å². The fourth-order valence-electron chi connectivity index (χ4n) is 3.32. The van der Waals surface area contributed by atoms with Gasteiger partial charge in [0.25, 0.3) is 0 Å². The minimum Gasteiger partial charge on any atom is -0.493 e. The molecular weight excluding hydrogens is 450 g/mol. The molecule has 2 aromatic carbocycles. The Morgan fingerprint density at radius 1 is 1.09 bits per heavy atom. The molecule has 0 saturated carbocycles. The number of ether oxygens (including phenoxy) is 2. The number of ketones is 1. The maximum absolute atomic E-state index is 13.0. The Morgan fingerprint density at radius 2 is 1.78 bits per heavy atom. The molecule has 176 valence electrons. The summed E-state index contributed by atoms with van der Waals surface area (Å²) < 4.78 is 26.8. The summed E-state index contributed by atoms with van der Waals surface area (Å²) in [6.07, 6.45) is 1.27. The van der Waals surface area contributed by atoms with Crippen LogP contribution in [0.2, 0.25) is 0 Å². The SMILES string of the molecule is COc1ccc([C@H](C[C@@H](O)CC(=O)CCCCCl)NS(=O)c2ccc(C)cc2)cc1OC. The highest BCUT2D eigenvalue weighted by Crippen LogP contribution is 2.32. The maximum atomic E-state index is 13.0. The third-order valence-corrected chi connectivity index (χ3v) is 6.57. The van der Waals surface area contributed by atoms with Crippen molar-refractivity contribution in [3.63, 3.8) is 0 Å². The van der Waals surface area contributed by atoms with Crippen LogP contribution in [0, 0.1) is 6.92 Å². The summed E-state index contributed by atoms with van der Waals surface area (Å²) in [6.45, 7) is 1.97. The average molecular weight is 482 g/mol. The minimum absolute atomic E-state index is 0.00617. The molecule has 0 aliphatic heterocycles. The van der Waals surface area contributed by atoms with Crippen molar-refractivity contribution in [3.8, 4) is 11.5 Å². The van der Waals surface area contributed by atoms with Gasteiger partial charge in [-0.15, -0.1) is 11.6 Å². The summed E-state index contributed by atoms with van der Waals surface area (Å²) in [5.41, 5.74) is 1.85. The number of aliphatic hydroxyl groups excluding tert-OH is 1. The molecule has 2 N–H and O–H groups in total. The topological polar surface area (TPSA) is 84.9 Å². The van der Waals surface area contributed by atoms with E-state index in [-0.39, 0.29) is 18.6 Å². The van der Waals surface area contributed by atoms with Crippen LogP contribution in [0.1, 0.15) is 49.3 Å². The number of aliphatic hydroxyl groups is 1. The summed E-state index contributed by atoms with van der Waals surface area (Å²) >= 11 is 5.66. The number of Topliss-reactive ketones (excluding diaryl/α,β-unsaturated/α-hetero) is 1. The third-order valence-electron chi connectivity index (χ3n) is 5.10. The van der Waals surface area contributed by atoms with Crippen LogP contribution >= 0.6 is 11.6 Å². The van der Waals surface area contributed by atoms with Crippen LogP contribution in [0.3, 0.4) is 0 Å². The lowest BCUT2D eigenvalue weighted by Gasteiger charge is -2.22. The van der Waals surface area contributed by atoms with Crippen LogP contribution in [0.5, 0.6) is 11.5 Å². The van der Waals surface area contributed by atoms with Crippen LogP contribution in [0.25, 0.3) is 0 Å². The van der Waals surface area contributed by atoms with Crippen molar-refractivity contribution in [1.29, 1.82) is 0 Å². The number of methoxy groups -OCH3 is 2. The Morgan fingerprint density at radius 3 is 2.41 bits per heavy atom. The number of aryl methyl sites for hydroxylation is 1. The van der Waals surface area contributed by atoms with Crippen LogP contribution in [-0.4, -0.2) is 41.3 Å². The van der Waals surface area contributed by atoms with E-state index in [0.29, 0.717) is 35.1 Å². The quantitative estimate of drug-likeness (QED) is 0.307. The second-order valence-electron chi connectivity index (χ2n) is 7.65. The lowest BCUT2D eigenvalue weighted by atomic mass is 9.97. The Balaban J connectivity index is 2.19. The number of hydrogen-bond donors (Lipinski definition) is 2. The van der Waals surface area contributed by atoms with Gasteiger partial charge in [-0.1, -0.05) is 23.8 Å². The van der Waals surface area contributed by atoms with Gasteiger partial charge < -0.3 is 14.6 Å². The van der Waals surface area contributed by atoms with Crippen molar-refractivity contribution in [2.24, 2.45) is 0 Å². The zero-order valence-corrected chi connectivity index (χ0v) is 20.4. The summed E-state index contributed by atoms with van der Waals surface area (Å²) in [6, 6.07) is 12.3. The molecule has 0 radical (unpaired) electrons. The van der Waals surface area contributed by atoms with Crippen LogP contribution < -0.4 is 14.2 Å². The first kappa shape index (κ1) is 26.3. The van der Waals surface area contributed by atoms with E-state index in [9.17, 15) is 14.1 Å². The molecule has 0 bridgehead atoms. The molecule has 0 heterocycles. The van der Waals surface area contributed by atoms with Gasteiger partial charge in [0.05, 0.1) is 25.2 Å². The lowest BCUT2D eigenvalue weighted by Crippen LogP contribution is -2.28. The summed E-state index contributed by atoms with van der Waals surface area (Å²) in [4.78, 5) is 12.8. The predicted molar refractivity (Wildman–Crippen MR) is 128 cm³/mol. The van der Waals surface area contributed by atoms with Gasteiger partial charge in [-0.25, -0.2) is 8.93 Å². The van der Waals surface area contributed by atoms with E-state index >= 15 is 0 Å². The molecule has 0 aliphatic rings. The summed E-state index contributed by atoms with van der Waals surface area (Å²) in [5.74, 6) is 1.62. The molecule has 0 saturated heterocycles. The molecule has 0 amide bonds. The first-order chi connectivity index (χ1) is 15.4. The fraction of sp³-hybridized carbons (Fsp3) is 0.458. The van der Waals surface area contributed by atoms with Crippen molar-refractivity contribution in [2.45, 2.75) is 56.1 Å². The Bertz CT molecular complexity index is 890. The number of hydrogen-bond acceptors (Lipinski definition) is 5. The van der Waals surface area contributed by atoms with Crippen LogP contribution in [0.4, 0.5) is 0 Å². The third kappa shape index (κ3) is 8.20. The highest BCUT2D eigenvalue weighted by molar-refractivity contribution is 7.83. The minimum atomic E-state index is -1.51. The van der Waals surface area contributed by atoms with Crippen molar-refractivity contribution in [2.75, 3.05) is 20.1 Å². The van der Waals surface area contributed by atoms with Crippen molar-refractivity contribution >= 4 is 28.4 Å². The van der Waals surface area contributed by atoms with E-state index in [1.54, 1.807) is 38.5 Å². The second kappa shape index (κ2) is 13.6. The number of benzene rings is 2. The Labute approximate surface area is 197 Å². The average Bonchev–Trinajstić information content (AvgIpc) is 2.78. The molecule has 0 fully saturated rings. The van der Waals surface area contributed by atoms with E-state index < -0.39 is 23.1 Å². The number of unbranched alkanes of at least 4 members (excludes halogenated alkanes) is 1. The smallest absolute Gasteiger partial charge is 0.161 e. The molecular formula is C24H32ClNO5S. The predicted octanol–water partition coefficient (Wildman–Crippen LogP) is 4.49. The standard InChI is InChI=1S/C24H32ClNO5S/c1-17-7-10-21(11-8-17)32(29)26-22(16-20(28)15-19(27)6-4-5-13-25)18-9-12-23(30-2)24(14-18)31-3/h7-12,14,20,22,26,28H,4-6,13,15-16H2,1-3H3/t20-,22-,32?/m0/s1. The van der Waals surface area contributed by atoms with Gasteiger partial charge in [0.1, 0.15) is 16.8 Å². The van der Waals surface area contributed by atoms with E-state index in [1.807, 2.05) is 25.1 Å². The number of nitrogens with one attached hydrogen (secondary N) is 1. The molecule has 8 heteroatoms. The largest absolute Gasteiger partial charge is 0.493 e. The molecule has 1 unspecified atom stereocenters. The van der Waals surface area contributed by atoms with Gasteiger partial charge in [-0.05, 0) is 56.0 Å². The number of rotatable bonds is 14. The summed E-state index contributed by atoms with van der Waals surface area (Å²) in [7, 11) is 1.59. The fourth-order valence-corrected chi connectivity index (χ4v) is 4.52. The normalized spacial score (nSPS) is 13.9. The van der Waals surface area contributed by atoms with Gasteiger partial charge in [-0.3, -0.25) is 4.79 Å². The van der Waals surface area contributed by atoms with E-state index in [0.717, 1.165) is 17.5 Å². The first-order valence-corrected chi connectivity index (χ1v) is 12.3. The van der Waals surface area contributed by atoms with E-state index in [2.05, 4.69) is 4.72 Å².